The van der Waals surface area contributed by atoms with E-state index in [1.807, 2.05) is 26.0 Å². The van der Waals surface area contributed by atoms with E-state index in [0.717, 1.165) is 18.5 Å². The van der Waals surface area contributed by atoms with Crippen LogP contribution in [0.4, 0.5) is 5.69 Å². The van der Waals surface area contributed by atoms with Gasteiger partial charge in [0, 0.05) is 18.8 Å². The monoisotopic (exact) mass is 263 g/mol. The number of methoxy groups -OCH3 is 1. The van der Waals surface area contributed by atoms with Crippen LogP contribution in [0.3, 0.4) is 0 Å². The molecule has 0 spiro atoms. The molecule has 104 valence electrons. The molecule has 1 aromatic rings. The van der Waals surface area contributed by atoms with E-state index in [0.29, 0.717) is 17.7 Å². The number of rotatable bonds is 5. The van der Waals surface area contributed by atoms with Crippen LogP contribution in [-0.4, -0.2) is 31.3 Å². The zero-order valence-corrected chi connectivity index (χ0v) is 11.7. The number of anilines is 1. The summed E-state index contributed by atoms with van der Waals surface area (Å²) in [7, 11) is 1.75. The molecule has 0 unspecified atom stereocenters. The molecule has 19 heavy (non-hydrogen) atoms. The highest BCUT2D eigenvalue weighted by molar-refractivity contribution is 5.89. The van der Waals surface area contributed by atoms with Gasteiger partial charge in [-0.25, -0.2) is 4.79 Å². The lowest BCUT2D eigenvalue weighted by atomic mass is 9.89. The highest BCUT2D eigenvalue weighted by atomic mass is 16.5. The maximum atomic E-state index is 11.7. The first kappa shape index (κ1) is 13.9. The number of carbonyl (C=O) groups excluding carboxylic acids is 1. The van der Waals surface area contributed by atoms with Crippen molar-refractivity contribution < 1.29 is 14.3 Å². The summed E-state index contributed by atoms with van der Waals surface area (Å²) in [5, 5.41) is 3.42. The number of hydrogen-bond donors (Lipinski definition) is 1. The molecular formula is C15H21NO3. The average molecular weight is 263 g/mol. The van der Waals surface area contributed by atoms with Crippen molar-refractivity contribution in [3.63, 3.8) is 0 Å². The minimum absolute atomic E-state index is 0.0914. The number of hydrogen-bond acceptors (Lipinski definition) is 4. The predicted octanol–water partition coefficient (Wildman–Crippen LogP) is 2.84. The van der Waals surface area contributed by atoms with Crippen LogP contribution in [0.15, 0.2) is 24.3 Å². The summed E-state index contributed by atoms with van der Waals surface area (Å²) in [5.41, 5.74) is 1.61. The van der Waals surface area contributed by atoms with Gasteiger partial charge < -0.3 is 14.8 Å². The lowest BCUT2D eigenvalue weighted by Crippen LogP contribution is -2.40. The SMILES string of the molecule is COC1CC(Nc2ccc(C(=O)OC(C)C)cc2)C1. The molecule has 4 heteroatoms. The van der Waals surface area contributed by atoms with Crippen molar-refractivity contribution in [2.24, 2.45) is 0 Å². The van der Waals surface area contributed by atoms with Gasteiger partial charge in [0.2, 0.25) is 0 Å². The highest BCUT2D eigenvalue weighted by Crippen LogP contribution is 2.26. The van der Waals surface area contributed by atoms with Crippen LogP contribution in [0.1, 0.15) is 37.0 Å². The van der Waals surface area contributed by atoms with E-state index in [-0.39, 0.29) is 12.1 Å². The zero-order valence-electron chi connectivity index (χ0n) is 11.7. The molecule has 1 aliphatic rings. The topological polar surface area (TPSA) is 47.6 Å². The summed E-state index contributed by atoms with van der Waals surface area (Å²) in [6, 6.07) is 7.88. The Morgan fingerprint density at radius 1 is 1.26 bits per heavy atom. The fourth-order valence-electron chi connectivity index (χ4n) is 2.10. The van der Waals surface area contributed by atoms with Crippen LogP contribution in [0.5, 0.6) is 0 Å². The normalized spacial score (nSPS) is 21.9. The van der Waals surface area contributed by atoms with Crippen molar-refractivity contribution in [2.75, 3.05) is 12.4 Å². The molecule has 1 saturated carbocycles. The Bertz CT molecular complexity index is 422. The van der Waals surface area contributed by atoms with Gasteiger partial charge >= 0.3 is 5.97 Å². The third-order valence-electron chi connectivity index (χ3n) is 3.26. The van der Waals surface area contributed by atoms with Gasteiger partial charge in [-0.1, -0.05) is 0 Å². The van der Waals surface area contributed by atoms with Gasteiger partial charge in [0.15, 0.2) is 0 Å². The molecular weight excluding hydrogens is 242 g/mol. The van der Waals surface area contributed by atoms with Gasteiger partial charge in [-0.15, -0.1) is 0 Å². The standard InChI is InChI=1S/C15H21NO3/c1-10(2)19-15(17)11-4-6-12(7-5-11)16-13-8-14(9-13)18-3/h4-7,10,13-14,16H,8-9H2,1-3H3. The number of carbonyl (C=O) groups is 1. The second-order valence-electron chi connectivity index (χ2n) is 5.20. The van der Waals surface area contributed by atoms with E-state index in [9.17, 15) is 4.79 Å². The van der Waals surface area contributed by atoms with E-state index in [1.165, 1.54) is 0 Å². The van der Waals surface area contributed by atoms with Crippen molar-refractivity contribution >= 4 is 11.7 Å². The van der Waals surface area contributed by atoms with Crippen molar-refractivity contribution in [3.05, 3.63) is 29.8 Å². The smallest absolute Gasteiger partial charge is 0.338 e. The summed E-state index contributed by atoms with van der Waals surface area (Å²) in [4.78, 5) is 11.7. The lowest BCUT2D eigenvalue weighted by Gasteiger charge is -2.35. The molecule has 0 saturated heterocycles. The first-order valence-electron chi connectivity index (χ1n) is 6.69. The lowest BCUT2D eigenvalue weighted by molar-refractivity contribution is 0.0328. The predicted molar refractivity (Wildman–Crippen MR) is 74.4 cm³/mol. The summed E-state index contributed by atoms with van der Waals surface area (Å²) in [6.45, 7) is 3.69. The Kier molecular flexibility index (Phi) is 4.43. The quantitative estimate of drug-likeness (QED) is 0.830. The van der Waals surface area contributed by atoms with Gasteiger partial charge in [0.25, 0.3) is 0 Å². The maximum Gasteiger partial charge on any atom is 0.338 e. The Balaban J connectivity index is 1.86. The van der Waals surface area contributed by atoms with Crippen LogP contribution < -0.4 is 5.32 Å². The molecule has 0 bridgehead atoms. The summed E-state index contributed by atoms with van der Waals surface area (Å²) >= 11 is 0. The summed E-state index contributed by atoms with van der Waals surface area (Å²) in [5.74, 6) is -0.273. The van der Waals surface area contributed by atoms with Gasteiger partial charge in [-0.05, 0) is 51.0 Å². The number of ether oxygens (including phenoxy) is 2. The summed E-state index contributed by atoms with van der Waals surface area (Å²) < 4.78 is 10.4. The summed E-state index contributed by atoms with van der Waals surface area (Å²) in [6.07, 6.45) is 2.37. The third-order valence-corrected chi connectivity index (χ3v) is 3.26. The van der Waals surface area contributed by atoms with E-state index in [2.05, 4.69) is 5.32 Å². The fourth-order valence-corrected chi connectivity index (χ4v) is 2.10. The maximum absolute atomic E-state index is 11.7. The van der Waals surface area contributed by atoms with Crippen molar-refractivity contribution in [1.29, 1.82) is 0 Å². The van der Waals surface area contributed by atoms with Crippen molar-refractivity contribution in [3.8, 4) is 0 Å². The molecule has 0 aromatic heterocycles. The largest absolute Gasteiger partial charge is 0.459 e. The fraction of sp³-hybridized carbons (Fsp3) is 0.533. The zero-order chi connectivity index (χ0) is 13.8. The molecule has 1 aromatic carbocycles. The minimum Gasteiger partial charge on any atom is -0.459 e. The highest BCUT2D eigenvalue weighted by Gasteiger charge is 2.28. The molecule has 4 nitrogen and oxygen atoms in total. The van der Waals surface area contributed by atoms with Crippen LogP contribution >= 0.6 is 0 Å². The van der Waals surface area contributed by atoms with Crippen LogP contribution in [-0.2, 0) is 9.47 Å². The van der Waals surface area contributed by atoms with Crippen LogP contribution in [0.25, 0.3) is 0 Å². The second-order valence-corrected chi connectivity index (χ2v) is 5.20. The Hall–Kier alpha value is -1.55. The van der Waals surface area contributed by atoms with E-state index >= 15 is 0 Å². The molecule has 0 aliphatic heterocycles. The second kappa shape index (κ2) is 6.06. The third kappa shape index (κ3) is 3.70. The van der Waals surface area contributed by atoms with E-state index in [4.69, 9.17) is 9.47 Å². The van der Waals surface area contributed by atoms with Gasteiger partial charge in [0.1, 0.15) is 0 Å². The Morgan fingerprint density at radius 3 is 2.42 bits per heavy atom. The van der Waals surface area contributed by atoms with Crippen LogP contribution in [0.2, 0.25) is 0 Å². The molecule has 1 aliphatic carbocycles. The van der Waals surface area contributed by atoms with Crippen molar-refractivity contribution in [1.82, 2.24) is 0 Å². The van der Waals surface area contributed by atoms with Crippen LogP contribution in [0, 0.1) is 0 Å². The number of nitrogens with one attached hydrogen (secondary N) is 1. The molecule has 1 N–H and O–H groups in total. The Labute approximate surface area is 114 Å². The first-order valence-corrected chi connectivity index (χ1v) is 6.69. The van der Waals surface area contributed by atoms with Crippen molar-refractivity contribution in [2.45, 2.75) is 44.9 Å². The molecule has 2 rings (SSSR count). The molecule has 1 fully saturated rings. The average Bonchev–Trinajstić information content (AvgIpc) is 2.33. The van der Waals surface area contributed by atoms with Gasteiger partial charge in [-0.2, -0.15) is 0 Å². The number of esters is 1. The number of benzene rings is 1. The first-order chi connectivity index (χ1) is 9.08. The molecule has 0 atom stereocenters. The van der Waals surface area contributed by atoms with E-state index < -0.39 is 0 Å². The minimum atomic E-state index is -0.273. The molecule has 0 heterocycles. The molecule has 0 amide bonds. The Morgan fingerprint density at radius 2 is 1.89 bits per heavy atom. The molecule has 0 radical (unpaired) electrons. The van der Waals surface area contributed by atoms with E-state index in [1.54, 1.807) is 19.2 Å². The van der Waals surface area contributed by atoms with Gasteiger partial charge in [-0.3, -0.25) is 0 Å². The van der Waals surface area contributed by atoms with Gasteiger partial charge in [0.05, 0.1) is 17.8 Å².